The zero-order valence-electron chi connectivity index (χ0n) is 17.3. The number of carbonyl (C=O) groups is 1. The molecule has 6 heteroatoms. The first-order chi connectivity index (χ1) is 14.5. The van der Waals surface area contributed by atoms with Crippen LogP contribution in [0.15, 0.2) is 65.6 Å². The maximum Gasteiger partial charge on any atom is 0.254 e. The van der Waals surface area contributed by atoms with E-state index in [1.165, 1.54) is 10.6 Å². The molecule has 3 aromatic rings. The summed E-state index contributed by atoms with van der Waals surface area (Å²) >= 11 is 0. The van der Waals surface area contributed by atoms with Gasteiger partial charge in [0.25, 0.3) is 11.5 Å². The fraction of sp³-hybridized carbons (Fsp3) is 0.250. The highest BCUT2D eigenvalue weighted by atomic mass is 16.5. The lowest BCUT2D eigenvalue weighted by molar-refractivity contribution is 0.0694. The lowest BCUT2D eigenvalue weighted by atomic mass is 9.87. The van der Waals surface area contributed by atoms with E-state index in [0.717, 1.165) is 16.7 Å². The Balaban J connectivity index is 1.84. The highest BCUT2D eigenvalue weighted by Crippen LogP contribution is 2.41. The van der Waals surface area contributed by atoms with Gasteiger partial charge in [-0.1, -0.05) is 30.3 Å². The molecule has 154 valence electrons. The predicted molar refractivity (Wildman–Crippen MR) is 114 cm³/mol. The fourth-order valence-corrected chi connectivity index (χ4v) is 4.01. The molecule has 4 rings (SSSR count). The van der Waals surface area contributed by atoms with Crippen LogP contribution < -0.4 is 15.0 Å². The second kappa shape index (κ2) is 8.06. The Morgan fingerprint density at radius 3 is 2.37 bits per heavy atom. The van der Waals surface area contributed by atoms with Crippen LogP contribution in [0.4, 0.5) is 0 Å². The molecule has 0 bridgehead atoms. The van der Waals surface area contributed by atoms with Gasteiger partial charge in [0.2, 0.25) is 0 Å². The van der Waals surface area contributed by atoms with Gasteiger partial charge in [0.15, 0.2) is 11.5 Å². The van der Waals surface area contributed by atoms with Gasteiger partial charge >= 0.3 is 0 Å². The molecule has 0 saturated heterocycles. The number of aromatic nitrogens is 1. The van der Waals surface area contributed by atoms with E-state index in [2.05, 4.69) is 0 Å². The van der Waals surface area contributed by atoms with Crippen LogP contribution in [0.25, 0.3) is 0 Å². The molecule has 1 aliphatic heterocycles. The van der Waals surface area contributed by atoms with Crippen molar-refractivity contribution in [1.82, 2.24) is 9.47 Å². The van der Waals surface area contributed by atoms with Crippen LogP contribution in [-0.4, -0.2) is 36.1 Å². The third-order valence-electron chi connectivity index (χ3n) is 5.60. The first-order valence-electron chi connectivity index (χ1n) is 9.81. The summed E-state index contributed by atoms with van der Waals surface area (Å²) < 4.78 is 12.4. The van der Waals surface area contributed by atoms with Gasteiger partial charge in [0.1, 0.15) is 0 Å². The van der Waals surface area contributed by atoms with Crippen LogP contribution in [0.1, 0.15) is 33.1 Å². The van der Waals surface area contributed by atoms with Gasteiger partial charge in [-0.25, -0.2) is 0 Å². The van der Waals surface area contributed by atoms with Gasteiger partial charge in [-0.3, -0.25) is 9.59 Å². The maximum absolute atomic E-state index is 13.5. The van der Waals surface area contributed by atoms with Gasteiger partial charge in [-0.15, -0.1) is 0 Å². The average molecular weight is 404 g/mol. The number of fused-ring (bicyclic) bond motifs is 1. The van der Waals surface area contributed by atoms with Crippen molar-refractivity contribution >= 4 is 5.91 Å². The molecule has 1 aliphatic rings. The summed E-state index contributed by atoms with van der Waals surface area (Å²) in [6, 6.07) is 16.7. The second-order valence-corrected chi connectivity index (χ2v) is 7.33. The molecule has 0 N–H and O–H groups in total. The SMILES string of the molecule is COc1cc2c(cc1OC)C(c1ccccc1)N(C(=O)c1ccn(C)c(=O)c1)CC2. The minimum atomic E-state index is -0.286. The van der Waals surface area contributed by atoms with Gasteiger partial charge in [-0.2, -0.15) is 0 Å². The highest BCUT2D eigenvalue weighted by Gasteiger charge is 2.33. The number of hydrogen-bond acceptors (Lipinski definition) is 4. The predicted octanol–water partition coefficient (Wildman–Crippen LogP) is 3.19. The highest BCUT2D eigenvalue weighted by molar-refractivity contribution is 5.94. The average Bonchev–Trinajstić information content (AvgIpc) is 2.79. The minimum absolute atomic E-state index is 0.165. The molecule has 6 nitrogen and oxygen atoms in total. The molecule has 0 spiro atoms. The molecule has 1 atom stereocenters. The number of hydrogen-bond donors (Lipinski definition) is 0. The first kappa shape index (κ1) is 19.8. The van der Waals surface area contributed by atoms with Crippen molar-refractivity contribution in [2.24, 2.45) is 7.05 Å². The molecule has 2 heterocycles. The quantitative estimate of drug-likeness (QED) is 0.670. The van der Waals surface area contributed by atoms with Crippen LogP contribution in [0.2, 0.25) is 0 Å². The number of rotatable bonds is 4. The monoisotopic (exact) mass is 404 g/mol. The first-order valence-corrected chi connectivity index (χ1v) is 9.81. The summed E-state index contributed by atoms with van der Waals surface area (Å²) in [6.45, 7) is 0.538. The molecule has 1 unspecified atom stereocenters. The van der Waals surface area contributed by atoms with E-state index in [-0.39, 0.29) is 17.5 Å². The minimum Gasteiger partial charge on any atom is -0.493 e. The zero-order chi connectivity index (χ0) is 21.3. The zero-order valence-corrected chi connectivity index (χ0v) is 17.3. The van der Waals surface area contributed by atoms with E-state index in [0.29, 0.717) is 30.0 Å². The summed E-state index contributed by atoms with van der Waals surface area (Å²) in [5, 5.41) is 0. The Morgan fingerprint density at radius 2 is 1.70 bits per heavy atom. The molecule has 30 heavy (non-hydrogen) atoms. The van der Waals surface area contributed by atoms with Crippen LogP contribution in [-0.2, 0) is 13.5 Å². The largest absolute Gasteiger partial charge is 0.493 e. The maximum atomic E-state index is 13.5. The third kappa shape index (κ3) is 3.45. The van der Waals surface area contributed by atoms with Crippen molar-refractivity contribution in [2.45, 2.75) is 12.5 Å². The van der Waals surface area contributed by atoms with Crippen molar-refractivity contribution in [3.63, 3.8) is 0 Å². The molecule has 2 aromatic carbocycles. The lowest BCUT2D eigenvalue weighted by Gasteiger charge is -2.38. The third-order valence-corrected chi connectivity index (χ3v) is 5.60. The Kier molecular flexibility index (Phi) is 5.31. The van der Waals surface area contributed by atoms with E-state index >= 15 is 0 Å². The van der Waals surface area contributed by atoms with Crippen LogP contribution in [0, 0.1) is 0 Å². The number of carbonyl (C=O) groups excluding carboxylic acids is 1. The van der Waals surface area contributed by atoms with Crippen LogP contribution in [0.5, 0.6) is 11.5 Å². The summed E-state index contributed by atoms with van der Waals surface area (Å²) in [5.74, 6) is 1.14. The number of nitrogens with zero attached hydrogens (tertiary/aromatic N) is 2. The molecular formula is C24H24N2O4. The summed E-state index contributed by atoms with van der Waals surface area (Å²) in [4.78, 5) is 27.4. The summed E-state index contributed by atoms with van der Waals surface area (Å²) in [5.41, 5.74) is 3.31. The number of amides is 1. The Bertz CT molecular complexity index is 1140. The second-order valence-electron chi connectivity index (χ2n) is 7.33. The smallest absolute Gasteiger partial charge is 0.254 e. The standard InChI is InChI=1S/C24H24N2O4/c1-25-11-9-18(14-22(25)27)24(28)26-12-10-17-13-20(29-2)21(30-3)15-19(17)23(26)16-7-5-4-6-8-16/h4-9,11,13-15,23H,10,12H2,1-3H3. The van der Waals surface area contributed by atoms with Gasteiger partial charge in [0, 0.05) is 31.4 Å². The molecular weight excluding hydrogens is 380 g/mol. The Hall–Kier alpha value is -3.54. The normalized spacial score (nSPS) is 15.4. The van der Waals surface area contributed by atoms with Gasteiger partial charge in [0.05, 0.1) is 20.3 Å². The van der Waals surface area contributed by atoms with Crippen LogP contribution >= 0.6 is 0 Å². The van der Waals surface area contributed by atoms with Crippen molar-refractivity contribution in [3.8, 4) is 11.5 Å². The molecule has 0 fully saturated rings. The molecule has 1 amide bonds. The summed E-state index contributed by atoms with van der Waals surface area (Å²) in [7, 11) is 4.89. The molecule has 0 aliphatic carbocycles. The van der Waals surface area contributed by atoms with Crippen molar-refractivity contribution < 1.29 is 14.3 Å². The molecule has 0 radical (unpaired) electrons. The Morgan fingerprint density at radius 1 is 1.00 bits per heavy atom. The lowest BCUT2D eigenvalue weighted by Crippen LogP contribution is -2.41. The number of methoxy groups -OCH3 is 2. The van der Waals surface area contributed by atoms with Crippen LogP contribution in [0.3, 0.4) is 0 Å². The fourth-order valence-electron chi connectivity index (χ4n) is 4.01. The van der Waals surface area contributed by atoms with Crippen molar-refractivity contribution in [3.05, 3.63) is 93.4 Å². The Labute approximate surface area is 175 Å². The number of aryl methyl sites for hydroxylation is 1. The topological polar surface area (TPSA) is 60.8 Å². The number of ether oxygens (including phenoxy) is 2. The number of pyridine rings is 1. The van der Waals surface area contributed by atoms with E-state index in [1.54, 1.807) is 33.5 Å². The van der Waals surface area contributed by atoms with Gasteiger partial charge in [-0.05, 0) is 41.3 Å². The molecule has 0 saturated carbocycles. The van der Waals surface area contributed by atoms with E-state index in [4.69, 9.17) is 9.47 Å². The van der Waals surface area contributed by atoms with E-state index in [9.17, 15) is 9.59 Å². The number of benzene rings is 2. The van der Waals surface area contributed by atoms with Gasteiger partial charge < -0.3 is 18.9 Å². The van der Waals surface area contributed by atoms with E-state index < -0.39 is 0 Å². The van der Waals surface area contributed by atoms with Crippen molar-refractivity contribution in [1.29, 1.82) is 0 Å². The van der Waals surface area contributed by atoms with Crippen molar-refractivity contribution in [2.75, 3.05) is 20.8 Å². The summed E-state index contributed by atoms with van der Waals surface area (Å²) in [6.07, 6.45) is 2.31. The van der Waals surface area contributed by atoms with E-state index in [1.807, 2.05) is 47.4 Å². The molecule has 1 aromatic heterocycles.